The van der Waals surface area contributed by atoms with Gasteiger partial charge in [0, 0.05) is 11.5 Å². The molecule has 6 heteroatoms. The molecule has 0 atom stereocenters. The molecule has 1 aromatic carbocycles. The van der Waals surface area contributed by atoms with Gasteiger partial charge in [-0.1, -0.05) is 0 Å². The van der Waals surface area contributed by atoms with E-state index in [1.54, 1.807) is 12.1 Å². The van der Waals surface area contributed by atoms with E-state index in [4.69, 9.17) is 10.5 Å². The lowest BCUT2D eigenvalue weighted by Crippen LogP contribution is -2.04. The van der Waals surface area contributed by atoms with Crippen LogP contribution in [0.1, 0.15) is 24.5 Å². The number of nitrogens with two attached hydrogens (primary N) is 1. The summed E-state index contributed by atoms with van der Waals surface area (Å²) in [6.07, 6.45) is 2.31. The molecule has 1 fully saturated rings. The number of nitrogen functional groups attached to an aromatic ring is 1. The second kappa shape index (κ2) is 5.08. The molecule has 0 aliphatic heterocycles. The molecule has 0 unspecified atom stereocenters. The molecule has 0 bridgehead atoms. The summed E-state index contributed by atoms with van der Waals surface area (Å²) in [4.78, 5) is 8.93. The Morgan fingerprint density at radius 2 is 2.10 bits per heavy atom. The summed E-state index contributed by atoms with van der Waals surface area (Å²) in [5.74, 6) is 2.03. The van der Waals surface area contributed by atoms with Gasteiger partial charge in [-0.2, -0.15) is 0 Å². The van der Waals surface area contributed by atoms with Gasteiger partial charge in [0.2, 0.25) is 0 Å². The number of aromatic hydroxyl groups is 1. The molecule has 3 rings (SSSR count). The predicted octanol–water partition coefficient (Wildman–Crippen LogP) is 2.92. The quantitative estimate of drug-likeness (QED) is 0.797. The summed E-state index contributed by atoms with van der Waals surface area (Å²) in [7, 11) is 1.51. The smallest absolute Gasteiger partial charge is 0.161 e. The lowest BCUT2D eigenvalue weighted by Gasteiger charge is -2.09. The summed E-state index contributed by atoms with van der Waals surface area (Å²) in [5.41, 5.74) is 7.72. The van der Waals surface area contributed by atoms with Crippen LogP contribution in [-0.2, 0) is 0 Å². The number of rotatable bonds is 3. The van der Waals surface area contributed by atoms with Crippen molar-refractivity contribution in [2.45, 2.75) is 18.8 Å². The molecular weight excluding hydrogens is 369 g/mol. The molecule has 5 nitrogen and oxygen atoms in total. The third-order valence-electron chi connectivity index (χ3n) is 3.30. The van der Waals surface area contributed by atoms with E-state index in [1.807, 2.05) is 6.07 Å². The van der Waals surface area contributed by atoms with E-state index < -0.39 is 0 Å². The lowest BCUT2D eigenvalue weighted by molar-refractivity contribution is 0.373. The van der Waals surface area contributed by atoms with Gasteiger partial charge in [0.25, 0.3) is 0 Å². The first kappa shape index (κ1) is 13.4. The maximum Gasteiger partial charge on any atom is 0.161 e. The first-order valence-corrected chi connectivity index (χ1v) is 7.38. The molecular formula is C14H14IN3O2. The van der Waals surface area contributed by atoms with Crippen molar-refractivity contribution >= 4 is 28.4 Å². The second-order valence-corrected chi connectivity index (χ2v) is 5.87. The van der Waals surface area contributed by atoms with Gasteiger partial charge in [0.05, 0.1) is 16.4 Å². The van der Waals surface area contributed by atoms with Crippen LogP contribution in [0.5, 0.6) is 11.5 Å². The topological polar surface area (TPSA) is 81.3 Å². The molecule has 104 valence electrons. The second-order valence-electron chi connectivity index (χ2n) is 4.79. The number of benzene rings is 1. The lowest BCUT2D eigenvalue weighted by atomic mass is 10.1. The molecule has 1 aromatic heterocycles. The van der Waals surface area contributed by atoms with E-state index in [2.05, 4.69) is 32.6 Å². The van der Waals surface area contributed by atoms with Crippen LogP contribution >= 0.6 is 22.6 Å². The summed E-state index contributed by atoms with van der Waals surface area (Å²) in [5, 5.41) is 9.85. The highest BCUT2D eigenvalue weighted by Crippen LogP contribution is 2.42. The van der Waals surface area contributed by atoms with Crippen LogP contribution in [0.15, 0.2) is 18.2 Å². The van der Waals surface area contributed by atoms with Crippen molar-refractivity contribution in [1.29, 1.82) is 0 Å². The average Bonchev–Trinajstić information content (AvgIpc) is 3.26. The number of anilines is 1. The van der Waals surface area contributed by atoms with E-state index in [0.29, 0.717) is 23.3 Å². The Labute approximate surface area is 130 Å². The van der Waals surface area contributed by atoms with Crippen LogP contribution in [0.25, 0.3) is 11.4 Å². The molecule has 20 heavy (non-hydrogen) atoms. The van der Waals surface area contributed by atoms with Gasteiger partial charge in [-0.15, -0.1) is 0 Å². The van der Waals surface area contributed by atoms with E-state index in [-0.39, 0.29) is 5.75 Å². The van der Waals surface area contributed by atoms with Crippen molar-refractivity contribution in [3.63, 3.8) is 0 Å². The molecule has 1 aliphatic carbocycles. The minimum absolute atomic E-state index is 0.0682. The van der Waals surface area contributed by atoms with Crippen LogP contribution in [0.4, 0.5) is 5.82 Å². The Morgan fingerprint density at radius 3 is 2.70 bits per heavy atom. The minimum Gasteiger partial charge on any atom is -0.504 e. The first-order valence-electron chi connectivity index (χ1n) is 6.30. The van der Waals surface area contributed by atoms with Gasteiger partial charge in [-0.05, 0) is 53.6 Å². The molecule has 3 N–H and O–H groups in total. The van der Waals surface area contributed by atoms with Gasteiger partial charge in [0.1, 0.15) is 5.82 Å². The fourth-order valence-electron chi connectivity index (χ4n) is 2.07. The molecule has 1 saturated carbocycles. The first-order chi connectivity index (χ1) is 9.60. The van der Waals surface area contributed by atoms with Crippen molar-refractivity contribution in [3.8, 4) is 22.9 Å². The zero-order valence-corrected chi connectivity index (χ0v) is 13.1. The summed E-state index contributed by atoms with van der Waals surface area (Å²) >= 11 is 2.19. The van der Waals surface area contributed by atoms with Crippen LogP contribution in [0.2, 0.25) is 0 Å². The number of nitrogens with zero attached hydrogens (tertiary/aromatic N) is 2. The molecule has 0 saturated heterocycles. The molecule has 0 radical (unpaired) electrons. The number of aromatic nitrogens is 2. The van der Waals surface area contributed by atoms with Gasteiger partial charge in [-0.3, -0.25) is 0 Å². The number of methoxy groups -OCH3 is 1. The highest BCUT2D eigenvalue weighted by molar-refractivity contribution is 14.1. The Balaban J connectivity index is 2.07. The number of hydrogen-bond donors (Lipinski definition) is 2. The SMILES string of the molecule is COc1ccc(-c2nc(N)c(I)c(C3CC3)n2)cc1O. The summed E-state index contributed by atoms with van der Waals surface area (Å²) < 4.78 is 5.97. The van der Waals surface area contributed by atoms with Crippen LogP contribution in [0, 0.1) is 3.57 Å². The van der Waals surface area contributed by atoms with E-state index in [9.17, 15) is 5.11 Å². The van der Waals surface area contributed by atoms with Crippen molar-refractivity contribution in [3.05, 3.63) is 27.5 Å². The zero-order chi connectivity index (χ0) is 14.3. The maximum absolute atomic E-state index is 9.85. The number of phenolic OH excluding ortho intramolecular Hbond substituents is 1. The molecule has 1 heterocycles. The van der Waals surface area contributed by atoms with Gasteiger partial charge in [-0.25, -0.2) is 9.97 Å². The Bertz CT molecular complexity index is 672. The Morgan fingerprint density at radius 1 is 1.35 bits per heavy atom. The van der Waals surface area contributed by atoms with Crippen LogP contribution < -0.4 is 10.5 Å². The third-order valence-corrected chi connectivity index (χ3v) is 4.41. The highest BCUT2D eigenvalue weighted by Gasteiger charge is 2.29. The molecule has 0 spiro atoms. The number of halogens is 1. The number of ether oxygens (including phenoxy) is 1. The van der Waals surface area contributed by atoms with E-state index in [1.165, 1.54) is 7.11 Å². The van der Waals surface area contributed by atoms with Gasteiger partial charge >= 0.3 is 0 Å². The third kappa shape index (κ3) is 2.39. The Kier molecular flexibility index (Phi) is 3.41. The number of hydrogen-bond acceptors (Lipinski definition) is 5. The van der Waals surface area contributed by atoms with Crippen LogP contribution in [0.3, 0.4) is 0 Å². The minimum atomic E-state index is 0.0682. The molecule has 2 aromatic rings. The fraction of sp³-hybridized carbons (Fsp3) is 0.286. The monoisotopic (exact) mass is 383 g/mol. The number of phenols is 1. The van der Waals surface area contributed by atoms with Gasteiger partial charge in [0.15, 0.2) is 17.3 Å². The van der Waals surface area contributed by atoms with E-state index in [0.717, 1.165) is 27.7 Å². The van der Waals surface area contributed by atoms with Crippen molar-refractivity contribution < 1.29 is 9.84 Å². The highest BCUT2D eigenvalue weighted by atomic mass is 127. The van der Waals surface area contributed by atoms with Crippen molar-refractivity contribution in [2.24, 2.45) is 0 Å². The van der Waals surface area contributed by atoms with Crippen LogP contribution in [-0.4, -0.2) is 22.2 Å². The zero-order valence-electron chi connectivity index (χ0n) is 10.9. The molecule has 0 amide bonds. The summed E-state index contributed by atoms with van der Waals surface area (Å²) in [6.45, 7) is 0. The largest absolute Gasteiger partial charge is 0.504 e. The summed E-state index contributed by atoms with van der Waals surface area (Å²) in [6, 6.07) is 5.10. The standard InChI is InChI=1S/C14H14IN3O2/c1-20-10-5-4-8(6-9(10)19)14-17-12(7-2-3-7)11(15)13(16)18-14/h4-7,19H,2-3H2,1H3,(H2,16,17,18). The average molecular weight is 383 g/mol. The molecule has 1 aliphatic rings. The Hall–Kier alpha value is -1.57. The van der Waals surface area contributed by atoms with Gasteiger partial charge < -0.3 is 15.6 Å². The maximum atomic E-state index is 9.85. The fourth-order valence-corrected chi connectivity index (χ4v) is 2.75. The normalized spacial score (nSPS) is 14.3. The predicted molar refractivity (Wildman–Crippen MR) is 84.8 cm³/mol. The van der Waals surface area contributed by atoms with E-state index >= 15 is 0 Å². The van der Waals surface area contributed by atoms with Crippen molar-refractivity contribution in [2.75, 3.05) is 12.8 Å². The van der Waals surface area contributed by atoms with Crippen molar-refractivity contribution in [1.82, 2.24) is 9.97 Å².